The highest BCUT2D eigenvalue weighted by Crippen LogP contribution is 2.25. The molecule has 0 saturated heterocycles. The van der Waals surface area contributed by atoms with Gasteiger partial charge in [0.2, 0.25) is 11.8 Å². The van der Waals surface area contributed by atoms with Crippen LogP contribution in [0.2, 0.25) is 0 Å². The van der Waals surface area contributed by atoms with Crippen LogP contribution in [0.15, 0.2) is 48.5 Å². The minimum Gasteiger partial charge on any atom is -0.325 e. The predicted octanol–water partition coefficient (Wildman–Crippen LogP) is 6.10. The van der Waals surface area contributed by atoms with Crippen LogP contribution in [-0.4, -0.2) is 22.8 Å². The molecule has 2 aromatic rings. The summed E-state index contributed by atoms with van der Waals surface area (Å²) in [5.41, 5.74) is 5.58. The molecular weight excluding hydrogens is 452 g/mol. The Morgan fingerprint density at radius 2 is 1.31 bits per heavy atom. The van der Waals surface area contributed by atoms with Crippen LogP contribution in [-0.2, 0) is 31.6 Å². The predicted molar refractivity (Wildman–Crippen MR) is 144 cm³/mol. The summed E-state index contributed by atoms with van der Waals surface area (Å²) < 4.78 is 0. The van der Waals surface area contributed by atoms with Crippen molar-refractivity contribution >= 4 is 23.3 Å². The Bertz CT molecular complexity index is 941. The quantitative estimate of drug-likeness (QED) is 0.152. The molecule has 36 heavy (non-hydrogen) atoms. The van der Waals surface area contributed by atoms with Crippen LogP contribution in [0.25, 0.3) is 0 Å². The molecule has 3 N–H and O–H groups in total. The zero-order chi connectivity index (χ0) is 26.9. The summed E-state index contributed by atoms with van der Waals surface area (Å²) >= 11 is 0. The van der Waals surface area contributed by atoms with E-state index in [1.54, 1.807) is 5.48 Å². The van der Waals surface area contributed by atoms with Crippen molar-refractivity contribution in [1.82, 2.24) is 5.48 Å². The standard InChI is InChI=1S/C30H42N2O4/c1-29(2,3)22-14-12-21(13-15-22)20-26(33)25(10-8-7-9-11-27(34)32-36)28(35)31-24-18-16-23(17-19-24)30(4,5)6/h12-19,25,36H,7-11,20H2,1-6H3,(H,31,35)(H,32,34). The van der Waals surface area contributed by atoms with E-state index in [0.717, 1.165) is 5.56 Å². The summed E-state index contributed by atoms with van der Waals surface area (Å²) in [5.74, 6) is -1.63. The minimum absolute atomic E-state index is 0.0104. The van der Waals surface area contributed by atoms with Crippen molar-refractivity contribution < 1.29 is 19.6 Å². The summed E-state index contributed by atoms with van der Waals surface area (Å²) in [6, 6.07) is 15.8. The molecule has 1 atom stereocenters. The lowest BCUT2D eigenvalue weighted by atomic mass is 9.85. The molecule has 2 aromatic carbocycles. The number of hydrogen-bond acceptors (Lipinski definition) is 4. The van der Waals surface area contributed by atoms with Crippen LogP contribution >= 0.6 is 0 Å². The Labute approximate surface area is 215 Å². The van der Waals surface area contributed by atoms with E-state index in [4.69, 9.17) is 5.21 Å². The molecule has 0 aromatic heterocycles. The third-order valence-corrected chi connectivity index (χ3v) is 6.44. The molecule has 0 fully saturated rings. The number of rotatable bonds is 11. The van der Waals surface area contributed by atoms with E-state index in [9.17, 15) is 14.4 Å². The number of nitrogens with one attached hydrogen (secondary N) is 2. The number of Topliss-reactive ketones (excluding diaryl/α,β-unsaturated/α-hetero) is 1. The van der Waals surface area contributed by atoms with Gasteiger partial charge in [0.1, 0.15) is 5.78 Å². The van der Waals surface area contributed by atoms with Crippen molar-refractivity contribution in [2.45, 2.75) is 90.9 Å². The summed E-state index contributed by atoms with van der Waals surface area (Å²) in [6.45, 7) is 12.8. The molecule has 0 aliphatic rings. The normalized spacial score (nSPS) is 12.6. The molecule has 0 bridgehead atoms. The largest absolute Gasteiger partial charge is 0.325 e. The summed E-state index contributed by atoms with van der Waals surface area (Å²) in [5, 5.41) is 11.6. The lowest BCUT2D eigenvalue weighted by Crippen LogP contribution is -2.31. The first-order valence-corrected chi connectivity index (χ1v) is 12.8. The van der Waals surface area contributed by atoms with Crippen LogP contribution in [0.3, 0.4) is 0 Å². The number of unbranched alkanes of at least 4 members (excludes halogenated alkanes) is 2. The Hall–Kier alpha value is -2.99. The van der Waals surface area contributed by atoms with E-state index in [1.807, 2.05) is 48.5 Å². The van der Waals surface area contributed by atoms with Gasteiger partial charge in [0, 0.05) is 18.5 Å². The van der Waals surface area contributed by atoms with Crippen molar-refractivity contribution in [2.24, 2.45) is 5.92 Å². The van der Waals surface area contributed by atoms with Crippen molar-refractivity contribution in [3.8, 4) is 0 Å². The van der Waals surface area contributed by atoms with Crippen LogP contribution in [0.5, 0.6) is 0 Å². The highest BCUT2D eigenvalue weighted by molar-refractivity contribution is 6.07. The van der Waals surface area contributed by atoms with E-state index in [-0.39, 0.29) is 35.4 Å². The molecule has 196 valence electrons. The number of hydrogen-bond donors (Lipinski definition) is 3. The van der Waals surface area contributed by atoms with Gasteiger partial charge < -0.3 is 5.32 Å². The van der Waals surface area contributed by atoms with Gasteiger partial charge in [-0.05, 0) is 52.5 Å². The molecule has 0 heterocycles. The van der Waals surface area contributed by atoms with Gasteiger partial charge in [0.25, 0.3) is 0 Å². The van der Waals surface area contributed by atoms with E-state index in [2.05, 4.69) is 46.9 Å². The molecule has 0 aliphatic heterocycles. The average molecular weight is 495 g/mol. The van der Waals surface area contributed by atoms with Gasteiger partial charge in [-0.15, -0.1) is 0 Å². The van der Waals surface area contributed by atoms with E-state index in [0.29, 0.717) is 31.4 Å². The molecule has 1 unspecified atom stereocenters. The van der Waals surface area contributed by atoms with Crippen molar-refractivity contribution in [3.05, 3.63) is 65.2 Å². The number of carbonyl (C=O) groups is 3. The second-order valence-electron chi connectivity index (χ2n) is 11.6. The second kappa shape index (κ2) is 12.8. The summed E-state index contributed by atoms with van der Waals surface area (Å²) in [6.07, 6.45) is 2.71. The van der Waals surface area contributed by atoms with Gasteiger partial charge in [-0.2, -0.15) is 0 Å². The second-order valence-corrected chi connectivity index (χ2v) is 11.6. The summed E-state index contributed by atoms with van der Waals surface area (Å²) in [7, 11) is 0. The third kappa shape index (κ3) is 9.23. The fourth-order valence-corrected chi connectivity index (χ4v) is 4.03. The van der Waals surface area contributed by atoms with Gasteiger partial charge in [0.15, 0.2) is 0 Å². The number of benzene rings is 2. The molecule has 0 saturated carbocycles. The Balaban J connectivity index is 2.10. The minimum atomic E-state index is -0.777. The van der Waals surface area contributed by atoms with Gasteiger partial charge in [-0.1, -0.05) is 90.8 Å². The maximum absolute atomic E-state index is 13.3. The van der Waals surface area contributed by atoms with Crippen LogP contribution in [0.1, 0.15) is 90.3 Å². The monoisotopic (exact) mass is 494 g/mol. The SMILES string of the molecule is CC(C)(C)c1ccc(CC(=O)C(CCCCCC(=O)NO)C(=O)Nc2ccc(C(C)(C)C)cc2)cc1. The molecular formula is C30H42N2O4. The smallest absolute Gasteiger partial charge is 0.243 e. The van der Waals surface area contributed by atoms with Crippen molar-refractivity contribution in [1.29, 1.82) is 0 Å². The zero-order valence-electron chi connectivity index (χ0n) is 22.6. The number of ketones is 1. The number of anilines is 1. The van der Waals surface area contributed by atoms with Gasteiger partial charge in [0.05, 0.1) is 5.92 Å². The Morgan fingerprint density at radius 1 is 0.778 bits per heavy atom. The van der Waals surface area contributed by atoms with E-state index >= 15 is 0 Å². The highest BCUT2D eigenvalue weighted by Gasteiger charge is 2.27. The molecule has 0 spiro atoms. The third-order valence-electron chi connectivity index (χ3n) is 6.44. The fraction of sp³-hybridized carbons (Fsp3) is 0.500. The molecule has 2 rings (SSSR count). The van der Waals surface area contributed by atoms with Crippen molar-refractivity contribution in [2.75, 3.05) is 5.32 Å². The molecule has 2 amide bonds. The summed E-state index contributed by atoms with van der Waals surface area (Å²) in [4.78, 5) is 37.7. The van der Waals surface area contributed by atoms with Crippen molar-refractivity contribution in [3.63, 3.8) is 0 Å². The number of carbonyl (C=O) groups excluding carboxylic acids is 3. The van der Waals surface area contributed by atoms with Crippen LogP contribution in [0, 0.1) is 5.92 Å². The van der Waals surface area contributed by atoms with Crippen LogP contribution in [0.4, 0.5) is 5.69 Å². The van der Waals surface area contributed by atoms with Gasteiger partial charge in [-0.3, -0.25) is 19.6 Å². The Morgan fingerprint density at radius 3 is 1.81 bits per heavy atom. The maximum Gasteiger partial charge on any atom is 0.243 e. The molecule has 6 nitrogen and oxygen atoms in total. The Kier molecular flexibility index (Phi) is 10.4. The molecule has 0 radical (unpaired) electrons. The number of hydroxylamine groups is 1. The molecule has 6 heteroatoms. The van der Waals surface area contributed by atoms with E-state index in [1.165, 1.54) is 11.1 Å². The van der Waals surface area contributed by atoms with E-state index < -0.39 is 11.8 Å². The zero-order valence-corrected chi connectivity index (χ0v) is 22.6. The maximum atomic E-state index is 13.3. The molecule has 0 aliphatic carbocycles. The average Bonchev–Trinajstić information content (AvgIpc) is 2.80. The first kappa shape index (κ1) is 29.2. The first-order valence-electron chi connectivity index (χ1n) is 12.8. The lowest BCUT2D eigenvalue weighted by Gasteiger charge is -2.20. The number of amides is 2. The fourth-order valence-electron chi connectivity index (χ4n) is 4.03. The first-order chi connectivity index (χ1) is 16.8. The van der Waals surface area contributed by atoms with Crippen LogP contribution < -0.4 is 10.8 Å². The topological polar surface area (TPSA) is 95.5 Å². The highest BCUT2D eigenvalue weighted by atomic mass is 16.5. The lowest BCUT2D eigenvalue weighted by molar-refractivity contribution is -0.131. The van der Waals surface area contributed by atoms with Gasteiger partial charge in [-0.25, -0.2) is 5.48 Å². The van der Waals surface area contributed by atoms with Gasteiger partial charge >= 0.3 is 0 Å².